The van der Waals surface area contributed by atoms with Gasteiger partial charge in [-0.05, 0) is 13.8 Å². The highest BCUT2D eigenvalue weighted by atomic mass is 16.3. The molecule has 0 aliphatic heterocycles. The van der Waals surface area contributed by atoms with Crippen molar-refractivity contribution in [2.75, 3.05) is 19.4 Å². The summed E-state index contributed by atoms with van der Waals surface area (Å²) in [5, 5.41) is 13.1. The summed E-state index contributed by atoms with van der Waals surface area (Å²) in [5.41, 5.74) is 5.45. The standard InChI is InChI=1S/C10H18N4O2/c1-10(2,7-15)13(3)9(16)6-14-5-8(11)4-12-14/h4-5,15H,6-7,11H2,1-3H3. The first-order valence-corrected chi connectivity index (χ1v) is 5.02. The molecule has 1 heterocycles. The first-order valence-electron chi connectivity index (χ1n) is 5.02. The van der Waals surface area contributed by atoms with Crippen LogP contribution < -0.4 is 5.73 Å². The van der Waals surface area contributed by atoms with E-state index in [1.165, 1.54) is 15.8 Å². The van der Waals surface area contributed by atoms with Crippen molar-refractivity contribution in [1.29, 1.82) is 0 Å². The third-order valence-electron chi connectivity index (χ3n) is 2.62. The molecule has 16 heavy (non-hydrogen) atoms. The second-order valence-corrected chi connectivity index (χ2v) is 4.39. The molecule has 0 aliphatic rings. The average Bonchev–Trinajstić information content (AvgIpc) is 2.62. The number of anilines is 1. The van der Waals surface area contributed by atoms with Crippen molar-refractivity contribution < 1.29 is 9.90 Å². The monoisotopic (exact) mass is 226 g/mol. The maximum Gasteiger partial charge on any atom is 0.244 e. The molecule has 0 aromatic carbocycles. The van der Waals surface area contributed by atoms with E-state index in [1.54, 1.807) is 27.1 Å². The number of nitrogens with two attached hydrogens (primary N) is 1. The van der Waals surface area contributed by atoms with Gasteiger partial charge < -0.3 is 15.7 Å². The Morgan fingerprint density at radius 2 is 2.31 bits per heavy atom. The van der Waals surface area contributed by atoms with Crippen LogP contribution in [0.25, 0.3) is 0 Å². The molecule has 1 aromatic heterocycles. The molecule has 6 nitrogen and oxygen atoms in total. The number of rotatable bonds is 4. The molecule has 0 fully saturated rings. The second-order valence-electron chi connectivity index (χ2n) is 4.39. The molecule has 6 heteroatoms. The van der Waals surface area contributed by atoms with Crippen LogP contribution in [0.4, 0.5) is 5.69 Å². The largest absolute Gasteiger partial charge is 0.396 e. The minimum atomic E-state index is -0.574. The van der Waals surface area contributed by atoms with Gasteiger partial charge in [0.25, 0.3) is 0 Å². The Balaban J connectivity index is 2.66. The molecule has 0 saturated carbocycles. The zero-order chi connectivity index (χ0) is 12.3. The number of aromatic nitrogens is 2. The Morgan fingerprint density at radius 1 is 1.69 bits per heavy atom. The van der Waals surface area contributed by atoms with E-state index < -0.39 is 5.54 Å². The molecular formula is C10H18N4O2. The van der Waals surface area contributed by atoms with E-state index in [4.69, 9.17) is 10.8 Å². The molecule has 1 rings (SSSR count). The lowest BCUT2D eigenvalue weighted by Crippen LogP contribution is -2.48. The van der Waals surface area contributed by atoms with Gasteiger partial charge in [-0.3, -0.25) is 9.48 Å². The van der Waals surface area contributed by atoms with Crippen LogP contribution in [-0.2, 0) is 11.3 Å². The zero-order valence-corrected chi connectivity index (χ0v) is 9.84. The highest BCUT2D eigenvalue weighted by Gasteiger charge is 2.26. The third kappa shape index (κ3) is 2.73. The minimum Gasteiger partial charge on any atom is -0.396 e. The fraction of sp³-hybridized carbons (Fsp3) is 0.600. The summed E-state index contributed by atoms with van der Waals surface area (Å²) < 4.78 is 1.47. The van der Waals surface area contributed by atoms with E-state index in [9.17, 15) is 4.79 Å². The van der Waals surface area contributed by atoms with Crippen molar-refractivity contribution in [2.24, 2.45) is 0 Å². The van der Waals surface area contributed by atoms with Gasteiger partial charge in [0, 0.05) is 13.2 Å². The van der Waals surface area contributed by atoms with Gasteiger partial charge in [-0.25, -0.2) is 0 Å². The molecule has 0 spiro atoms. The normalized spacial score (nSPS) is 11.5. The molecule has 0 aliphatic carbocycles. The Hall–Kier alpha value is -1.56. The van der Waals surface area contributed by atoms with E-state index in [2.05, 4.69) is 5.10 Å². The summed E-state index contributed by atoms with van der Waals surface area (Å²) in [5.74, 6) is -0.123. The highest BCUT2D eigenvalue weighted by molar-refractivity contribution is 5.76. The lowest BCUT2D eigenvalue weighted by Gasteiger charge is -2.33. The Morgan fingerprint density at radius 3 is 2.75 bits per heavy atom. The number of carbonyl (C=O) groups excluding carboxylic acids is 1. The van der Waals surface area contributed by atoms with Crippen LogP contribution in [0.15, 0.2) is 12.4 Å². The molecule has 0 radical (unpaired) electrons. The van der Waals surface area contributed by atoms with Gasteiger partial charge in [-0.1, -0.05) is 0 Å². The van der Waals surface area contributed by atoms with E-state index in [0.29, 0.717) is 5.69 Å². The number of likely N-dealkylation sites (N-methyl/N-ethyl adjacent to an activating group) is 1. The smallest absolute Gasteiger partial charge is 0.244 e. The van der Waals surface area contributed by atoms with Crippen molar-refractivity contribution in [3.63, 3.8) is 0 Å². The summed E-state index contributed by atoms with van der Waals surface area (Å²) in [6.07, 6.45) is 3.09. The van der Waals surface area contributed by atoms with Gasteiger partial charge in [0.05, 0.1) is 24.0 Å². The predicted octanol–water partition coefficient (Wildman–Crippen LogP) is -0.305. The van der Waals surface area contributed by atoms with Gasteiger partial charge in [0.1, 0.15) is 6.54 Å². The van der Waals surface area contributed by atoms with Gasteiger partial charge >= 0.3 is 0 Å². The number of hydrogen-bond donors (Lipinski definition) is 2. The predicted molar refractivity (Wildman–Crippen MR) is 60.6 cm³/mol. The van der Waals surface area contributed by atoms with Crippen LogP contribution in [-0.4, -0.2) is 44.9 Å². The maximum absolute atomic E-state index is 11.8. The van der Waals surface area contributed by atoms with Gasteiger partial charge in [-0.15, -0.1) is 0 Å². The quantitative estimate of drug-likeness (QED) is 0.738. The summed E-state index contributed by atoms with van der Waals surface area (Å²) in [7, 11) is 1.66. The highest BCUT2D eigenvalue weighted by Crippen LogP contribution is 2.11. The Kier molecular flexibility index (Phi) is 3.54. The number of aliphatic hydroxyl groups is 1. The van der Waals surface area contributed by atoms with Crippen molar-refractivity contribution in [2.45, 2.75) is 25.9 Å². The molecule has 0 bridgehead atoms. The van der Waals surface area contributed by atoms with Gasteiger partial charge in [-0.2, -0.15) is 5.10 Å². The van der Waals surface area contributed by atoms with Crippen LogP contribution >= 0.6 is 0 Å². The average molecular weight is 226 g/mol. The van der Waals surface area contributed by atoms with E-state index in [-0.39, 0.29) is 19.1 Å². The molecule has 3 N–H and O–H groups in total. The Labute approximate surface area is 94.6 Å². The first kappa shape index (κ1) is 12.5. The molecule has 1 amide bonds. The van der Waals surface area contributed by atoms with E-state index in [1.807, 2.05) is 0 Å². The van der Waals surface area contributed by atoms with Gasteiger partial charge in [0.2, 0.25) is 5.91 Å². The van der Waals surface area contributed by atoms with Crippen LogP contribution in [0.5, 0.6) is 0 Å². The van der Waals surface area contributed by atoms with Crippen LogP contribution in [0.3, 0.4) is 0 Å². The maximum atomic E-state index is 11.8. The summed E-state index contributed by atoms with van der Waals surface area (Å²) in [6, 6.07) is 0. The minimum absolute atomic E-state index is 0.0868. The third-order valence-corrected chi connectivity index (χ3v) is 2.62. The van der Waals surface area contributed by atoms with Crippen molar-refractivity contribution in [1.82, 2.24) is 14.7 Å². The number of carbonyl (C=O) groups is 1. The lowest BCUT2D eigenvalue weighted by molar-refractivity contribution is -0.136. The van der Waals surface area contributed by atoms with Crippen LogP contribution in [0.1, 0.15) is 13.8 Å². The van der Waals surface area contributed by atoms with Crippen molar-refractivity contribution >= 4 is 11.6 Å². The number of nitrogens with zero attached hydrogens (tertiary/aromatic N) is 3. The topological polar surface area (TPSA) is 84.4 Å². The lowest BCUT2D eigenvalue weighted by atomic mass is 10.1. The number of nitrogen functional groups attached to an aromatic ring is 1. The first-order chi connectivity index (χ1) is 7.36. The van der Waals surface area contributed by atoms with Crippen molar-refractivity contribution in [3.05, 3.63) is 12.4 Å². The number of aliphatic hydroxyl groups excluding tert-OH is 1. The van der Waals surface area contributed by atoms with Gasteiger partial charge in [0.15, 0.2) is 0 Å². The Bertz CT molecular complexity index is 373. The van der Waals surface area contributed by atoms with E-state index in [0.717, 1.165) is 0 Å². The molecule has 1 aromatic rings. The number of amides is 1. The fourth-order valence-corrected chi connectivity index (χ4v) is 1.15. The SMILES string of the molecule is CN(C(=O)Cn1cc(N)cn1)C(C)(C)CO. The van der Waals surface area contributed by atoms with Crippen LogP contribution in [0.2, 0.25) is 0 Å². The molecule has 90 valence electrons. The van der Waals surface area contributed by atoms with Crippen molar-refractivity contribution in [3.8, 4) is 0 Å². The molecule has 0 atom stereocenters. The summed E-state index contributed by atoms with van der Waals surface area (Å²) in [6.45, 7) is 3.62. The molecule has 0 saturated heterocycles. The molecular weight excluding hydrogens is 208 g/mol. The summed E-state index contributed by atoms with van der Waals surface area (Å²) >= 11 is 0. The van der Waals surface area contributed by atoms with Crippen LogP contribution in [0, 0.1) is 0 Å². The fourth-order valence-electron chi connectivity index (χ4n) is 1.15. The number of hydrogen-bond acceptors (Lipinski definition) is 4. The molecule has 0 unspecified atom stereocenters. The second kappa shape index (κ2) is 4.52. The zero-order valence-electron chi connectivity index (χ0n) is 9.84. The van der Waals surface area contributed by atoms with E-state index >= 15 is 0 Å². The summed E-state index contributed by atoms with van der Waals surface area (Å²) in [4.78, 5) is 13.3.